The number of nitrogens with zero attached hydrogens (tertiary/aromatic N) is 2. The predicted molar refractivity (Wildman–Crippen MR) is 94.1 cm³/mol. The third-order valence-corrected chi connectivity index (χ3v) is 3.65. The van der Waals surface area contributed by atoms with E-state index in [1.807, 2.05) is 42.5 Å². The van der Waals surface area contributed by atoms with Gasteiger partial charge in [0.25, 0.3) is 5.89 Å². The molecular weight excluding hydrogens is 320 g/mol. The fourth-order valence-corrected chi connectivity index (χ4v) is 2.41. The van der Waals surface area contributed by atoms with E-state index in [0.29, 0.717) is 35.6 Å². The standard InChI is InChI=1S/C19H20N2O4/c1-4-11-24-16-10-9-13(12-17(16)23-3)18-20-19(25-21-18)14-7-5-6-8-15(14)22-2/h5-10,12H,4,11H2,1-3H3. The monoisotopic (exact) mass is 340 g/mol. The molecule has 0 N–H and O–H groups in total. The molecule has 0 bridgehead atoms. The largest absolute Gasteiger partial charge is 0.496 e. The minimum Gasteiger partial charge on any atom is -0.496 e. The summed E-state index contributed by atoms with van der Waals surface area (Å²) in [6, 6.07) is 13.1. The summed E-state index contributed by atoms with van der Waals surface area (Å²) in [5.41, 5.74) is 1.53. The highest BCUT2D eigenvalue weighted by Crippen LogP contribution is 2.33. The maximum Gasteiger partial charge on any atom is 0.262 e. The van der Waals surface area contributed by atoms with Gasteiger partial charge in [-0.25, -0.2) is 0 Å². The number of rotatable bonds is 7. The van der Waals surface area contributed by atoms with Crippen LogP contribution in [0.2, 0.25) is 0 Å². The molecule has 0 aliphatic rings. The zero-order valence-electron chi connectivity index (χ0n) is 14.5. The van der Waals surface area contributed by atoms with Gasteiger partial charge in [-0.3, -0.25) is 0 Å². The van der Waals surface area contributed by atoms with Crippen LogP contribution in [0.5, 0.6) is 17.2 Å². The van der Waals surface area contributed by atoms with Crippen LogP contribution in [0.1, 0.15) is 13.3 Å². The lowest BCUT2D eigenvalue weighted by atomic mass is 10.2. The van der Waals surface area contributed by atoms with E-state index >= 15 is 0 Å². The number of hydrogen-bond donors (Lipinski definition) is 0. The van der Waals surface area contributed by atoms with Crippen molar-refractivity contribution >= 4 is 0 Å². The topological polar surface area (TPSA) is 66.6 Å². The quantitative estimate of drug-likeness (QED) is 0.642. The first-order valence-electron chi connectivity index (χ1n) is 8.05. The number of ether oxygens (including phenoxy) is 3. The molecule has 0 aliphatic heterocycles. The number of methoxy groups -OCH3 is 2. The van der Waals surface area contributed by atoms with Crippen LogP contribution in [0.3, 0.4) is 0 Å². The molecule has 3 rings (SSSR count). The van der Waals surface area contributed by atoms with Gasteiger partial charge in [0.1, 0.15) is 5.75 Å². The first kappa shape index (κ1) is 16.8. The van der Waals surface area contributed by atoms with E-state index < -0.39 is 0 Å². The molecule has 25 heavy (non-hydrogen) atoms. The molecule has 0 saturated heterocycles. The molecule has 130 valence electrons. The second kappa shape index (κ2) is 7.70. The maximum atomic E-state index is 5.67. The zero-order valence-corrected chi connectivity index (χ0v) is 14.5. The first-order chi connectivity index (χ1) is 12.3. The zero-order chi connectivity index (χ0) is 17.6. The molecule has 0 amide bonds. The molecule has 0 saturated carbocycles. The van der Waals surface area contributed by atoms with Crippen LogP contribution in [0.25, 0.3) is 22.8 Å². The van der Waals surface area contributed by atoms with Crippen LogP contribution in [0.4, 0.5) is 0 Å². The van der Waals surface area contributed by atoms with Crippen molar-refractivity contribution < 1.29 is 18.7 Å². The molecule has 3 aromatic rings. The van der Waals surface area contributed by atoms with E-state index in [1.54, 1.807) is 14.2 Å². The van der Waals surface area contributed by atoms with E-state index in [2.05, 4.69) is 17.1 Å². The summed E-state index contributed by atoms with van der Waals surface area (Å²) < 4.78 is 21.8. The maximum absolute atomic E-state index is 5.67. The van der Waals surface area contributed by atoms with E-state index in [-0.39, 0.29) is 0 Å². The van der Waals surface area contributed by atoms with Crippen LogP contribution < -0.4 is 14.2 Å². The van der Waals surface area contributed by atoms with E-state index in [4.69, 9.17) is 18.7 Å². The van der Waals surface area contributed by atoms with Gasteiger partial charge >= 0.3 is 0 Å². The molecule has 0 atom stereocenters. The first-order valence-corrected chi connectivity index (χ1v) is 8.05. The van der Waals surface area contributed by atoms with E-state index in [0.717, 1.165) is 17.5 Å². The highest BCUT2D eigenvalue weighted by molar-refractivity contribution is 5.66. The van der Waals surface area contributed by atoms with Crippen LogP contribution in [0.15, 0.2) is 47.0 Å². The lowest BCUT2D eigenvalue weighted by Crippen LogP contribution is -1.98. The second-order valence-electron chi connectivity index (χ2n) is 5.34. The predicted octanol–water partition coefficient (Wildman–Crippen LogP) is 4.21. The van der Waals surface area contributed by atoms with Gasteiger partial charge in [0.2, 0.25) is 5.82 Å². The van der Waals surface area contributed by atoms with Gasteiger partial charge in [0.15, 0.2) is 11.5 Å². The summed E-state index contributed by atoms with van der Waals surface area (Å²) in [6.45, 7) is 2.69. The average molecular weight is 340 g/mol. The van der Waals surface area contributed by atoms with Crippen molar-refractivity contribution in [2.45, 2.75) is 13.3 Å². The molecule has 1 heterocycles. The fraction of sp³-hybridized carbons (Fsp3) is 0.263. The molecular formula is C19H20N2O4. The Balaban J connectivity index is 1.92. The van der Waals surface area contributed by atoms with Crippen molar-refractivity contribution in [3.63, 3.8) is 0 Å². The minimum atomic E-state index is 0.401. The highest BCUT2D eigenvalue weighted by atomic mass is 16.5. The van der Waals surface area contributed by atoms with Crippen molar-refractivity contribution in [1.82, 2.24) is 10.1 Å². The summed E-state index contributed by atoms with van der Waals surface area (Å²) in [4.78, 5) is 4.47. The number of para-hydroxylation sites is 1. The van der Waals surface area contributed by atoms with Gasteiger partial charge in [-0.2, -0.15) is 4.98 Å². The van der Waals surface area contributed by atoms with Gasteiger partial charge in [0.05, 0.1) is 26.4 Å². The minimum absolute atomic E-state index is 0.401. The van der Waals surface area contributed by atoms with Gasteiger partial charge in [-0.05, 0) is 36.8 Å². The molecule has 2 aromatic carbocycles. The summed E-state index contributed by atoms with van der Waals surface area (Å²) in [5.74, 6) is 2.88. The average Bonchev–Trinajstić information content (AvgIpc) is 3.16. The molecule has 0 unspecified atom stereocenters. The normalized spacial score (nSPS) is 10.5. The Bertz CT molecular complexity index is 845. The molecule has 0 aliphatic carbocycles. The van der Waals surface area contributed by atoms with Gasteiger partial charge in [-0.1, -0.05) is 24.2 Å². The van der Waals surface area contributed by atoms with Crippen LogP contribution >= 0.6 is 0 Å². The van der Waals surface area contributed by atoms with Crippen molar-refractivity contribution in [3.8, 4) is 40.1 Å². The summed E-state index contributed by atoms with van der Waals surface area (Å²) >= 11 is 0. The Morgan fingerprint density at radius 1 is 0.960 bits per heavy atom. The van der Waals surface area contributed by atoms with E-state index in [9.17, 15) is 0 Å². The molecule has 0 spiro atoms. The van der Waals surface area contributed by atoms with Gasteiger partial charge in [0, 0.05) is 5.56 Å². The number of aromatic nitrogens is 2. The second-order valence-corrected chi connectivity index (χ2v) is 5.34. The smallest absolute Gasteiger partial charge is 0.262 e. The van der Waals surface area contributed by atoms with Crippen molar-refractivity contribution in [2.75, 3.05) is 20.8 Å². The molecule has 6 nitrogen and oxygen atoms in total. The molecule has 1 aromatic heterocycles. The highest BCUT2D eigenvalue weighted by Gasteiger charge is 2.16. The summed E-state index contributed by atoms with van der Waals surface area (Å²) in [5, 5.41) is 4.07. The summed E-state index contributed by atoms with van der Waals surface area (Å²) in [6.07, 6.45) is 0.929. The van der Waals surface area contributed by atoms with Crippen LogP contribution in [-0.2, 0) is 0 Å². The Labute approximate surface area is 146 Å². The number of benzene rings is 2. The van der Waals surface area contributed by atoms with Crippen LogP contribution in [-0.4, -0.2) is 31.0 Å². The SMILES string of the molecule is CCCOc1ccc(-c2noc(-c3ccccc3OC)n2)cc1OC. The van der Waals surface area contributed by atoms with Crippen molar-refractivity contribution in [1.29, 1.82) is 0 Å². The summed E-state index contributed by atoms with van der Waals surface area (Å²) in [7, 11) is 3.21. The van der Waals surface area contributed by atoms with Crippen molar-refractivity contribution in [2.24, 2.45) is 0 Å². The lowest BCUT2D eigenvalue weighted by Gasteiger charge is -2.10. The Hall–Kier alpha value is -3.02. The Morgan fingerprint density at radius 3 is 2.52 bits per heavy atom. The Morgan fingerprint density at radius 2 is 1.76 bits per heavy atom. The Kier molecular flexibility index (Phi) is 5.18. The molecule has 0 radical (unpaired) electrons. The fourth-order valence-electron chi connectivity index (χ4n) is 2.41. The van der Waals surface area contributed by atoms with Gasteiger partial charge < -0.3 is 18.7 Å². The number of hydrogen-bond acceptors (Lipinski definition) is 6. The third kappa shape index (κ3) is 3.57. The molecule has 6 heteroatoms. The lowest BCUT2D eigenvalue weighted by molar-refractivity contribution is 0.294. The van der Waals surface area contributed by atoms with Crippen LogP contribution in [0, 0.1) is 0 Å². The third-order valence-electron chi connectivity index (χ3n) is 3.65. The molecule has 0 fully saturated rings. The van der Waals surface area contributed by atoms with Crippen molar-refractivity contribution in [3.05, 3.63) is 42.5 Å². The van der Waals surface area contributed by atoms with E-state index in [1.165, 1.54) is 0 Å². The van der Waals surface area contributed by atoms with Gasteiger partial charge in [-0.15, -0.1) is 0 Å².